The summed E-state index contributed by atoms with van der Waals surface area (Å²) in [6.07, 6.45) is 1.56. The molecular formula is C40H36N4O7S2. The molecular weight excluding hydrogens is 713 g/mol. The minimum Gasteiger partial charge on any atom is -0.497 e. The van der Waals surface area contributed by atoms with E-state index in [4.69, 9.17) is 9.47 Å². The van der Waals surface area contributed by atoms with Gasteiger partial charge in [-0.3, -0.25) is 19.2 Å². The van der Waals surface area contributed by atoms with E-state index < -0.39 is 34.8 Å². The average Bonchev–Trinajstić information content (AvgIpc) is 3.50. The minimum atomic E-state index is -0.683. The number of benzene rings is 4. The van der Waals surface area contributed by atoms with Crippen LogP contribution < -0.4 is 26.0 Å². The minimum absolute atomic E-state index is 0.0132. The number of para-hydroxylation sites is 1. The monoisotopic (exact) mass is 748 g/mol. The van der Waals surface area contributed by atoms with Crippen LogP contribution in [0, 0.1) is 6.92 Å². The standard InChI is InChI=1S/C40H36N4O7S2/c1-24-33(40(49)51-4)39(53-34(24)38(48)41-28-14-9-6-10-15-28)44-35(45)25(2)52-31-17-11-16-29(23-31)42-37(47)32(22-26-18-20-30(50-3)21-19-26)43-36(46)27-12-7-5-8-13-27/h5-23,25H,1-4H3,(H,41,48)(H,42,47)(H,43,46)(H,44,45)/b32-22+. The Morgan fingerprint density at radius 1 is 0.755 bits per heavy atom. The van der Waals surface area contributed by atoms with Crippen molar-refractivity contribution in [2.45, 2.75) is 24.0 Å². The van der Waals surface area contributed by atoms with Gasteiger partial charge in [-0.05, 0) is 85.6 Å². The maximum Gasteiger partial charge on any atom is 0.341 e. The Morgan fingerprint density at radius 2 is 1.42 bits per heavy atom. The van der Waals surface area contributed by atoms with Crippen LogP contribution in [0.4, 0.5) is 16.4 Å². The molecule has 0 aliphatic rings. The summed E-state index contributed by atoms with van der Waals surface area (Å²) in [5, 5.41) is 10.7. The van der Waals surface area contributed by atoms with E-state index in [1.54, 1.807) is 130 Å². The highest BCUT2D eigenvalue weighted by Crippen LogP contribution is 2.35. The molecule has 5 rings (SSSR count). The highest BCUT2D eigenvalue weighted by molar-refractivity contribution is 8.00. The van der Waals surface area contributed by atoms with Gasteiger partial charge in [0.1, 0.15) is 16.4 Å². The first-order valence-corrected chi connectivity index (χ1v) is 17.9. The van der Waals surface area contributed by atoms with Gasteiger partial charge in [0.15, 0.2) is 0 Å². The third-order valence-corrected chi connectivity index (χ3v) is 10.0. The van der Waals surface area contributed by atoms with Crippen molar-refractivity contribution in [1.29, 1.82) is 0 Å². The molecule has 53 heavy (non-hydrogen) atoms. The van der Waals surface area contributed by atoms with Crippen LogP contribution in [0.1, 0.15) is 48.4 Å². The molecule has 1 atom stereocenters. The van der Waals surface area contributed by atoms with E-state index in [2.05, 4.69) is 21.3 Å². The van der Waals surface area contributed by atoms with Crippen molar-refractivity contribution in [2.24, 2.45) is 0 Å². The van der Waals surface area contributed by atoms with Gasteiger partial charge in [-0.25, -0.2) is 4.79 Å². The summed E-state index contributed by atoms with van der Waals surface area (Å²) in [5.41, 5.74) is 2.56. The van der Waals surface area contributed by atoms with Gasteiger partial charge < -0.3 is 30.7 Å². The van der Waals surface area contributed by atoms with Crippen molar-refractivity contribution in [3.05, 3.63) is 142 Å². The van der Waals surface area contributed by atoms with E-state index in [-0.39, 0.29) is 21.1 Å². The zero-order valence-electron chi connectivity index (χ0n) is 29.2. The molecule has 4 N–H and O–H groups in total. The van der Waals surface area contributed by atoms with Gasteiger partial charge in [-0.2, -0.15) is 0 Å². The summed E-state index contributed by atoms with van der Waals surface area (Å²) in [4.78, 5) is 66.9. The Bertz CT molecular complexity index is 2150. The third kappa shape index (κ3) is 10.00. The summed E-state index contributed by atoms with van der Waals surface area (Å²) in [5.74, 6) is -1.90. The fourth-order valence-electron chi connectivity index (χ4n) is 5.00. The first-order valence-electron chi connectivity index (χ1n) is 16.3. The summed E-state index contributed by atoms with van der Waals surface area (Å²) in [6.45, 7) is 3.32. The zero-order valence-corrected chi connectivity index (χ0v) is 30.9. The topological polar surface area (TPSA) is 152 Å². The van der Waals surface area contributed by atoms with E-state index in [1.807, 2.05) is 6.07 Å². The number of carbonyl (C=O) groups is 5. The molecule has 5 aromatic rings. The number of amides is 4. The maximum absolute atomic E-state index is 13.6. The molecule has 0 aliphatic carbocycles. The Kier molecular flexibility index (Phi) is 12.8. The SMILES string of the molecule is COC(=O)c1c(NC(=O)C(C)Sc2cccc(NC(=O)/C(=C\c3ccc(OC)cc3)NC(=O)c3ccccc3)c2)sc(C(=O)Nc2ccccc2)c1C. The Balaban J connectivity index is 1.30. The number of nitrogens with one attached hydrogen (secondary N) is 4. The van der Waals surface area contributed by atoms with Crippen LogP contribution >= 0.6 is 23.1 Å². The van der Waals surface area contributed by atoms with Crippen molar-refractivity contribution in [1.82, 2.24) is 5.32 Å². The summed E-state index contributed by atoms with van der Waals surface area (Å²) in [6, 6.07) is 31.4. The lowest BCUT2D eigenvalue weighted by Gasteiger charge is -2.14. The molecule has 1 unspecified atom stereocenters. The van der Waals surface area contributed by atoms with E-state index in [1.165, 1.54) is 18.9 Å². The molecule has 4 aromatic carbocycles. The molecule has 0 bridgehead atoms. The quantitative estimate of drug-likeness (QED) is 0.0545. The van der Waals surface area contributed by atoms with Crippen LogP contribution in [0.2, 0.25) is 0 Å². The Morgan fingerprint density at radius 3 is 2.08 bits per heavy atom. The van der Waals surface area contributed by atoms with Crippen LogP contribution in [-0.4, -0.2) is 49.1 Å². The highest BCUT2D eigenvalue weighted by Gasteiger charge is 2.28. The second-order valence-electron chi connectivity index (χ2n) is 11.5. The first-order chi connectivity index (χ1) is 25.6. The van der Waals surface area contributed by atoms with Gasteiger partial charge in [-0.15, -0.1) is 23.1 Å². The number of esters is 1. The van der Waals surface area contributed by atoms with Gasteiger partial charge in [0.2, 0.25) is 5.91 Å². The molecule has 1 aromatic heterocycles. The molecule has 11 nitrogen and oxygen atoms in total. The molecule has 0 spiro atoms. The molecule has 0 aliphatic heterocycles. The first kappa shape index (κ1) is 38.1. The fraction of sp³-hybridized carbons (Fsp3) is 0.125. The molecule has 13 heteroatoms. The summed E-state index contributed by atoms with van der Waals surface area (Å²) >= 11 is 2.21. The van der Waals surface area contributed by atoms with Gasteiger partial charge in [0, 0.05) is 21.8 Å². The van der Waals surface area contributed by atoms with Crippen LogP contribution in [0.25, 0.3) is 6.08 Å². The number of thioether (sulfide) groups is 1. The molecule has 4 amide bonds. The Labute approximate surface area is 314 Å². The number of hydrogen-bond acceptors (Lipinski definition) is 9. The van der Waals surface area contributed by atoms with Crippen molar-refractivity contribution in [2.75, 3.05) is 30.2 Å². The van der Waals surface area contributed by atoms with Gasteiger partial charge in [0.25, 0.3) is 17.7 Å². The molecule has 0 fully saturated rings. The number of rotatable bonds is 13. The molecule has 270 valence electrons. The molecule has 0 saturated heterocycles. The van der Waals surface area contributed by atoms with E-state index >= 15 is 0 Å². The number of carbonyl (C=O) groups excluding carboxylic acids is 5. The van der Waals surface area contributed by atoms with Crippen LogP contribution in [0.5, 0.6) is 5.75 Å². The van der Waals surface area contributed by atoms with E-state index in [9.17, 15) is 24.0 Å². The second kappa shape index (κ2) is 17.8. The Hall–Kier alpha value is -6.18. The number of ether oxygens (including phenoxy) is 2. The fourth-order valence-corrected chi connectivity index (χ4v) is 7.02. The lowest BCUT2D eigenvalue weighted by Crippen LogP contribution is -2.30. The van der Waals surface area contributed by atoms with E-state index in [0.29, 0.717) is 38.7 Å². The normalized spacial score (nSPS) is 11.5. The van der Waals surface area contributed by atoms with Gasteiger partial charge in [-0.1, -0.05) is 54.6 Å². The van der Waals surface area contributed by atoms with Crippen molar-refractivity contribution in [3.8, 4) is 5.75 Å². The number of thiophene rings is 1. The second-order valence-corrected chi connectivity index (χ2v) is 13.9. The number of hydrogen-bond donors (Lipinski definition) is 4. The predicted octanol–water partition coefficient (Wildman–Crippen LogP) is 7.63. The largest absolute Gasteiger partial charge is 0.497 e. The number of methoxy groups -OCH3 is 2. The van der Waals surface area contributed by atoms with E-state index in [0.717, 1.165) is 11.3 Å². The van der Waals surface area contributed by atoms with Crippen molar-refractivity contribution >= 4 is 75.1 Å². The van der Waals surface area contributed by atoms with Crippen LogP contribution in [0.3, 0.4) is 0 Å². The van der Waals surface area contributed by atoms with Crippen LogP contribution in [-0.2, 0) is 14.3 Å². The molecule has 1 heterocycles. The maximum atomic E-state index is 13.6. The van der Waals surface area contributed by atoms with Crippen LogP contribution in [0.15, 0.2) is 120 Å². The lowest BCUT2D eigenvalue weighted by atomic mass is 10.1. The molecule has 0 saturated carbocycles. The third-order valence-electron chi connectivity index (χ3n) is 7.74. The highest BCUT2D eigenvalue weighted by atomic mass is 32.2. The summed E-state index contributed by atoms with van der Waals surface area (Å²) < 4.78 is 10.2. The lowest BCUT2D eigenvalue weighted by molar-refractivity contribution is -0.115. The summed E-state index contributed by atoms with van der Waals surface area (Å²) in [7, 11) is 2.79. The number of anilines is 3. The van der Waals surface area contributed by atoms with Gasteiger partial charge >= 0.3 is 5.97 Å². The van der Waals surface area contributed by atoms with Gasteiger partial charge in [0.05, 0.1) is 29.9 Å². The van der Waals surface area contributed by atoms with Crippen molar-refractivity contribution < 1.29 is 33.4 Å². The predicted molar refractivity (Wildman–Crippen MR) is 209 cm³/mol. The average molecular weight is 749 g/mol. The van der Waals surface area contributed by atoms with Crippen molar-refractivity contribution in [3.63, 3.8) is 0 Å². The smallest absolute Gasteiger partial charge is 0.341 e. The molecule has 0 radical (unpaired) electrons. The zero-order chi connectivity index (χ0) is 37.9.